The second kappa shape index (κ2) is 2.29. The van der Waals surface area contributed by atoms with Gasteiger partial charge in [0.05, 0.1) is 11.2 Å². The lowest BCUT2D eigenvalue weighted by molar-refractivity contribution is 0.439. The maximum atomic E-state index is 4.31. The first-order chi connectivity index (χ1) is 5.20. The Bertz CT molecular complexity index is 265. The minimum absolute atomic E-state index is 0.286. The third kappa shape index (κ3) is 1.08. The van der Waals surface area contributed by atoms with Crippen molar-refractivity contribution >= 4 is 11.3 Å². The predicted octanol–water partition coefficient (Wildman–Crippen LogP) is 1.52. The maximum Gasteiger partial charge on any atom is 0.0798 e. The summed E-state index contributed by atoms with van der Waals surface area (Å²) in [5, 5.41) is 3.36. The topological polar surface area (TPSA) is 24.9 Å². The van der Waals surface area contributed by atoms with Crippen LogP contribution in [-0.2, 0) is 12.0 Å². The van der Waals surface area contributed by atoms with E-state index in [1.54, 1.807) is 11.3 Å². The number of rotatable bonds is 0. The molecule has 0 radical (unpaired) electrons. The largest absolute Gasteiger partial charge is 0.310 e. The molecular formula is C8H12N2S. The summed E-state index contributed by atoms with van der Waals surface area (Å²) < 4.78 is 0. The first-order valence-corrected chi connectivity index (χ1v) is 4.72. The minimum atomic E-state index is 0.286. The van der Waals surface area contributed by atoms with Crippen LogP contribution in [0.5, 0.6) is 0 Å². The molecule has 60 valence electrons. The Morgan fingerprint density at radius 2 is 2.45 bits per heavy atom. The summed E-state index contributed by atoms with van der Waals surface area (Å²) in [4.78, 5) is 5.76. The van der Waals surface area contributed by atoms with Crippen molar-refractivity contribution in [3.05, 3.63) is 16.1 Å². The van der Waals surface area contributed by atoms with Gasteiger partial charge in [0, 0.05) is 23.4 Å². The molecule has 2 rings (SSSR count). The first-order valence-electron chi connectivity index (χ1n) is 3.84. The molecule has 0 amide bonds. The third-order valence-corrected chi connectivity index (χ3v) is 3.35. The number of fused-ring (bicyclic) bond motifs is 1. The van der Waals surface area contributed by atoms with Gasteiger partial charge < -0.3 is 5.32 Å². The predicted molar refractivity (Wildman–Crippen MR) is 46.8 cm³/mol. The van der Waals surface area contributed by atoms with Crippen LogP contribution in [0.25, 0.3) is 0 Å². The normalized spacial score (nSPS) is 21.3. The highest BCUT2D eigenvalue weighted by molar-refractivity contribution is 7.09. The molecule has 0 spiro atoms. The molecule has 3 heteroatoms. The van der Waals surface area contributed by atoms with E-state index in [9.17, 15) is 0 Å². The Morgan fingerprint density at radius 3 is 3.18 bits per heavy atom. The molecule has 1 aromatic rings. The quantitative estimate of drug-likeness (QED) is 0.635. The van der Waals surface area contributed by atoms with Gasteiger partial charge in [-0.25, -0.2) is 4.98 Å². The zero-order valence-corrected chi connectivity index (χ0v) is 7.66. The Morgan fingerprint density at radius 1 is 1.64 bits per heavy atom. The molecular weight excluding hydrogens is 156 g/mol. The Hall–Kier alpha value is -0.410. The minimum Gasteiger partial charge on any atom is -0.310 e. The van der Waals surface area contributed by atoms with E-state index in [4.69, 9.17) is 0 Å². The van der Waals surface area contributed by atoms with Crippen molar-refractivity contribution in [2.24, 2.45) is 0 Å². The third-order valence-electron chi connectivity index (χ3n) is 2.12. The summed E-state index contributed by atoms with van der Waals surface area (Å²) in [6.45, 7) is 6.54. The van der Waals surface area contributed by atoms with E-state index in [0.717, 1.165) is 13.1 Å². The van der Waals surface area contributed by atoms with E-state index >= 15 is 0 Å². The first kappa shape index (κ1) is 7.25. The van der Waals surface area contributed by atoms with Crippen molar-refractivity contribution in [2.75, 3.05) is 6.54 Å². The molecule has 0 bridgehead atoms. The zero-order valence-electron chi connectivity index (χ0n) is 6.85. The molecule has 1 aliphatic heterocycles. The number of hydrogen-bond donors (Lipinski definition) is 1. The lowest BCUT2D eigenvalue weighted by Gasteiger charge is -2.29. The molecule has 0 unspecified atom stereocenters. The summed E-state index contributed by atoms with van der Waals surface area (Å²) in [6.07, 6.45) is 0. The van der Waals surface area contributed by atoms with E-state index in [2.05, 4.69) is 24.1 Å². The maximum absolute atomic E-state index is 4.31. The van der Waals surface area contributed by atoms with Crippen LogP contribution in [0, 0.1) is 0 Å². The number of hydrogen-bond acceptors (Lipinski definition) is 3. The fourth-order valence-corrected chi connectivity index (χ4v) is 2.46. The van der Waals surface area contributed by atoms with Gasteiger partial charge in [-0.15, -0.1) is 11.3 Å². The SMILES string of the molecule is CC1(C)CNCc2ncsc21. The molecule has 0 saturated heterocycles. The molecule has 1 aromatic heterocycles. The fraction of sp³-hybridized carbons (Fsp3) is 0.625. The zero-order chi connectivity index (χ0) is 7.90. The van der Waals surface area contributed by atoms with Crippen LogP contribution >= 0.6 is 11.3 Å². The van der Waals surface area contributed by atoms with Crippen molar-refractivity contribution < 1.29 is 0 Å². The van der Waals surface area contributed by atoms with Crippen molar-refractivity contribution in [1.82, 2.24) is 10.3 Å². The van der Waals surface area contributed by atoms with Gasteiger partial charge in [-0.3, -0.25) is 0 Å². The number of nitrogens with one attached hydrogen (secondary N) is 1. The Kier molecular flexibility index (Phi) is 1.51. The van der Waals surface area contributed by atoms with E-state index in [0.29, 0.717) is 0 Å². The molecule has 2 heterocycles. The Labute approximate surface area is 70.7 Å². The average Bonchev–Trinajstić information content (AvgIpc) is 2.34. The highest BCUT2D eigenvalue weighted by atomic mass is 32.1. The lowest BCUT2D eigenvalue weighted by atomic mass is 9.88. The highest BCUT2D eigenvalue weighted by Gasteiger charge is 2.28. The van der Waals surface area contributed by atoms with Gasteiger partial charge in [0.1, 0.15) is 0 Å². The van der Waals surface area contributed by atoms with Crippen LogP contribution < -0.4 is 5.32 Å². The van der Waals surface area contributed by atoms with Gasteiger partial charge in [0.25, 0.3) is 0 Å². The monoisotopic (exact) mass is 168 g/mol. The lowest BCUT2D eigenvalue weighted by Crippen LogP contribution is -2.37. The van der Waals surface area contributed by atoms with Crippen LogP contribution in [0.1, 0.15) is 24.4 Å². The molecule has 0 aromatic carbocycles. The number of nitrogens with zero attached hydrogens (tertiary/aromatic N) is 1. The summed E-state index contributed by atoms with van der Waals surface area (Å²) in [6, 6.07) is 0. The molecule has 0 fully saturated rings. The van der Waals surface area contributed by atoms with E-state index < -0.39 is 0 Å². The van der Waals surface area contributed by atoms with Gasteiger partial charge in [-0.2, -0.15) is 0 Å². The highest BCUT2D eigenvalue weighted by Crippen LogP contribution is 2.31. The summed E-state index contributed by atoms with van der Waals surface area (Å²) in [5.74, 6) is 0. The fourth-order valence-electron chi connectivity index (χ4n) is 1.52. The molecule has 1 aliphatic rings. The van der Waals surface area contributed by atoms with Gasteiger partial charge >= 0.3 is 0 Å². The molecule has 0 saturated carbocycles. The van der Waals surface area contributed by atoms with Crippen LogP contribution in [0.15, 0.2) is 5.51 Å². The summed E-state index contributed by atoms with van der Waals surface area (Å²) >= 11 is 1.78. The smallest absolute Gasteiger partial charge is 0.0798 e. The van der Waals surface area contributed by atoms with Gasteiger partial charge in [-0.05, 0) is 0 Å². The van der Waals surface area contributed by atoms with Crippen molar-refractivity contribution in [3.8, 4) is 0 Å². The molecule has 11 heavy (non-hydrogen) atoms. The second-order valence-corrected chi connectivity index (χ2v) is 4.47. The van der Waals surface area contributed by atoms with Crippen molar-refractivity contribution in [1.29, 1.82) is 0 Å². The molecule has 0 atom stereocenters. The van der Waals surface area contributed by atoms with E-state index in [-0.39, 0.29) is 5.41 Å². The van der Waals surface area contributed by atoms with Gasteiger partial charge in [0.2, 0.25) is 0 Å². The number of thiazole rings is 1. The molecule has 2 nitrogen and oxygen atoms in total. The van der Waals surface area contributed by atoms with Crippen molar-refractivity contribution in [3.63, 3.8) is 0 Å². The van der Waals surface area contributed by atoms with Gasteiger partial charge in [-0.1, -0.05) is 13.8 Å². The van der Waals surface area contributed by atoms with Crippen LogP contribution in [-0.4, -0.2) is 11.5 Å². The standard InChI is InChI=1S/C8H12N2S/c1-8(2)4-9-3-6-7(8)11-5-10-6/h5,9H,3-4H2,1-2H3. The Balaban J connectivity index is 2.48. The number of aromatic nitrogens is 1. The van der Waals surface area contributed by atoms with Crippen LogP contribution in [0.4, 0.5) is 0 Å². The van der Waals surface area contributed by atoms with Crippen LogP contribution in [0.3, 0.4) is 0 Å². The van der Waals surface area contributed by atoms with Crippen molar-refractivity contribution in [2.45, 2.75) is 25.8 Å². The van der Waals surface area contributed by atoms with E-state index in [1.165, 1.54) is 10.6 Å². The van der Waals surface area contributed by atoms with Gasteiger partial charge in [0.15, 0.2) is 0 Å². The average molecular weight is 168 g/mol. The summed E-state index contributed by atoms with van der Waals surface area (Å²) in [5.41, 5.74) is 3.47. The molecule has 0 aliphatic carbocycles. The summed E-state index contributed by atoms with van der Waals surface area (Å²) in [7, 11) is 0. The molecule has 1 N–H and O–H groups in total. The second-order valence-electron chi connectivity index (χ2n) is 3.62. The van der Waals surface area contributed by atoms with Crippen LogP contribution in [0.2, 0.25) is 0 Å². The van der Waals surface area contributed by atoms with E-state index in [1.807, 2.05) is 5.51 Å².